The summed E-state index contributed by atoms with van der Waals surface area (Å²) in [7, 11) is 0. The lowest BCUT2D eigenvalue weighted by Gasteiger charge is -2.17. The second-order valence-electron chi connectivity index (χ2n) is 5.55. The molecule has 0 unspecified atom stereocenters. The molecule has 136 valence electrons. The van der Waals surface area contributed by atoms with Gasteiger partial charge in [0.15, 0.2) is 0 Å². The van der Waals surface area contributed by atoms with E-state index in [1.807, 2.05) is 18.2 Å². The number of anilines is 1. The molecule has 2 aromatic rings. The average Bonchev–Trinajstić information content (AvgIpc) is 2.65. The zero-order chi connectivity index (χ0) is 18.8. The number of amides is 2. The van der Waals surface area contributed by atoms with E-state index in [2.05, 4.69) is 10.6 Å². The van der Waals surface area contributed by atoms with Crippen molar-refractivity contribution in [2.75, 3.05) is 5.32 Å². The molecular formula is C19H20N2O5. The van der Waals surface area contributed by atoms with Crippen LogP contribution in [0.1, 0.15) is 18.4 Å². The van der Waals surface area contributed by atoms with Crippen LogP contribution in [0.5, 0.6) is 0 Å². The van der Waals surface area contributed by atoms with Crippen LogP contribution in [0.4, 0.5) is 10.5 Å². The second-order valence-corrected chi connectivity index (χ2v) is 5.55. The van der Waals surface area contributed by atoms with Crippen LogP contribution in [0.2, 0.25) is 0 Å². The molecule has 2 aromatic carbocycles. The number of aliphatic carboxylic acids is 1. The fourth-order valence-corrected chi connectivity index (χ4v) is 2.19. The average molecular weight is 356 g/mol. The summed E-state index contributed by atoms with van der Waals surface area (Å²) in [5.74, 6) is -1.56. The van der Waals surface area contributed by atoms with Gasteiger partial charge < -0.3 is 20.5 Å². The van der Waals surface area contributed by atoms with E-state index in [1.165, 1.54) is 0 Å². The van der Waals surface area contributed by atoms with Crippen molar-refractivity contribution < 1.29 is 24.2 Å². The van der Waals surface area contributed by atoms with Gasteiger partial charge in [0, 0.05) is 12.1 Å². The fraction of sp³-hybridized carbons (Fsp3) is 0.211. The summed E-state index contributed by atoms with van der Waals surface area (Å²) >= 11 is 0. The molecule has 3 N–H and O–H groups in total. The molecule has 1 atom stereocenters. The van der Waals surface area contributed by atoms with Crippen LogP contribution in [-0.2, 0) is 20.9 Å². The Bertz CT molecular complexity index is 734. The van der Waals surface area contributed by atoms with Gasteiger partial charge in [0.05, 0.1) is 0 Å². The van der Waals surface area contributed by atoms with Crippen molar-refractivity contribution in [2.24, 2.45) is 0 Å². The number of para-hydroxylation sites is 1. The number of nitrogens with one attached hydrogen (secondary N) is 2. The quantitative estimate of drug-likeness (QED) is 0.674. The molecule has 0 aliphatic rings. The van der Waals surface area contributed by atoms with Gasteiger partial charge in [-0.25, -0.2) is 4.79 Å². The lowest BCUT2D eigenvalue weighted by molar-refractivity contribution is -0.137. The molecule has 2 amide bonds. The van der Waals surface area contributed by atoms with Gasteiger partial charge in [-0.1, -0.05) is 48.5 Å². The van der Waals surface area contributed by atoms with Gasteiger partial charge in [-0.05, 0) is 24.1 Å². The summed E-state index contributed by atoms with van der Waals surface area (Å²) in [6.45, 7) is 0.0542. The van der Waals surface area contributed by atoms with E-state index in [0.717, 1.165) is 5.56 Å². The Morgan fingerprint density at radius 3 is 2.19 bits per heavy atom. The largest absolute Gasteiger partial charge is 0.481 e. The van der Waals surface area contributed by atoms with Crippen molar-refractivity contribution in [3.05, 3.63) is 66.2 Å². The summed E-state index contributed by atoms with van der Waals surface area (Å²) in [6, 6.07) is 16.8. The van der Waals surface area contributed by atoms with Gasteiger partial charge >= 0.3 is 12.1 Å². The lowest BCUT2D eigenvalue weighted by Crippen LogP contribution is -2.44. The van der Waals surface area contributed by atoms with Crippen LogP contribution in [-0.4, -0.2) is 29.1 Å². The Balaban J connectivity index is 1.93. The third-order valence-electron chi connectivity index (χ3n) is 3.51. The van der Waals surface area contributed by atoms with Gasteiger partial charge in [-0.15, -0.1) is 0 Å². The summed E-state index contributed by atoms with van der Waals surface area (Å²) in [4.78, 5) is 35.1. The Kier molecular flexibility index (Phi) is 7.17. The first kappa shape index (κ1) is 19.0. The molecule has 0 radical (unpaired) electrons. The van der Waals surface area contributed by atoms with E-state index >= 15 is 0 Å². The van der Waals surface area contributed by atoms with E-state index in [0.29, 0.717) is 5.69 Å². The van der Waals surface area contributed by atoms with Crippen molar-refractivity contribution in [1.82, 2.24) is 5.32 Å². The first-order valence-electron chi connectivity index (χ1n) is 8.09. The van der Waals surface area contributed by atoms with Gasteiger partial charge in [0.25, 0.3) is 0 Å². The molecule has 0 aliphatic carbocycles. The molecule has 2 rings (SSSR count). The van der Waals surface area contributed by atoms with Gasteiger partial charge in [-0.2, -0.15) is 0 Å². The van der Waals surface area contributed by atoms with Crippen LogP contribution in [0, 0.1) is 0 Å². The minimum Gasteiger partial charge on any atom is -0.481 e. The molecule has 0 spiro atoms. The predicted octanol–water partition coefficient (Wildman–Crippen LogP) is 2.78. The molecule has 7 heteroatoms. The Hall–Kier alpha value is -3.35. The first-order chi connectivity index (χ1) is 12.5. The number of rotatable bonds is 8. The molecule has 0 bridgehead atoms. The smallest absolute Gasteiger partial charge is 0.408 e. The highest BCUT2D eigenvalue weighted by atomic mass is 16.5. The number of benzene rings is 2. The maximum atomic E-state index is 12.4. The summed E-state index contributed by atoms with van der Waals surface area (Å²) in [5.41, 5.74) is 1.36. The molecule has 7 nitrogen and oxygen atoms in total. The SMILES string of the molecule is O=C(O)CC[C@H](NC(=O)OCc1ccccc1)C(=O)Nc1ccccc1. The van der Waals surface area contributed by atoms with Crippen molar-refractivity contribution in [1.29, 1.82) is 0 Å². The molecule has 26 heavy (non-hydrogen) atoms. The number of ether oxygens (including phenoxy) is 1. The number of carbonyl (C=O) groups excluding carboxylic acids is 2. The van der Waals surface area contributed by atoms with Crippen LogP contribution < -0.4 is 10.6 Å². The molecule has 0 aliphatic heterocycles. The fourth-order valence-electron chi connectivity index (χ4n) is 2.19. The first-order valence-corrected chi connectivity index (χ1v) is 8.09. The van der Waals surface area contributed by atoms with E-state index in [1.54, 1.807) is 42.5 Å². The normalized spacial score (nSPS) is 11.2. The van der Waals surface area contributed by atoms with Gasteiger partial charge in [-0.3, -0.25) is 9.59 Å². The van der Waals surface area contributed by atoms with E-state index in [9.17, 15) is 14.4 Å². The molecular weight excluding hydrogens is 336 g/mol. The van der Waals surface area contributed by atoms with Crippen molar-refractivity contribution >= 4 is 23.7 Å². The number of hydrogen-bond acceptors (Lipinski definition) is 4. The number of carboxylic acid groups (broad SMARTS) is 1. The zero-order valence-corrected chi connectivity index (χ0v) is 14.1. The van der Waals surface area contributed by atoms with E-state index in [-0.39, 0.29) is 19.4 Å². The van der Waals surface area contributed by atoms with Crippen LogP contribution in [0.15, 0.2) is 60.7 Å². The number of carbonyl (C=O) groups is 3. The monoisotopic (exact) mass is 356 g/mol. The Labute approximate surface area is 151 Å². The molecule has 0 aromatic heterocycles. The minimum absolute atomic E-state index is 0.0472. The second kappa shape index (κ2) is 9.83. The third-order valence-corrected chi connectivity index (χ3v) is 3.51. The Morgan fingerprint density at radius 1 is 0.962 bits per heavy atom. The van der Waals surface area contributed by atoms with Gasteiger partial charge in [0.1, 0.15) is 12.6 Å². The Morgan fingerprint density at radius 2 is 1.58 bits per heavy atom. The number of hydrogen-bond donors (Lipinski definition) is 3. The highest BCUT2D eigenvalue weighted by molar-refractivity contribution is 5.96. The molecule has 0 saturated heterocycles. The molecule has 0 heterocycles. The van der Waals surface area contributed by atoms with E-state index in [4.69, 9.17) is 9.84 Å². The lowest BCUT2D eigenvalue weighted by atomic mass is 10.1. The van der Waals surface area contributed by atoms with Gasteiger partial charge in [0.2, 0.25) is 5.91 Å². The molecule has 0 fully saturated rings. The predicted molar refractivity (Wildman–Crippen MR) is 95.5 cm³/mol. The van der Waals surface area contributed by atoms with Crippen LogP contribution in [0.25, 0.3) is 0 Å². The summed E-state index contributed by atoms with van der Waals surface area (Å²) in [5, 5.41) is 13.9. The minimum atomic E-state index is -1.05. The highest BCUT2D eigenvalue weighted by Gasteiger charge is 2.22. The highest BCUT2D eigenvalue weighted by Crippen LogP contribution is 2.08. The third kappa shape index (κ3) is 6.64. The topological polar surface area (TPSA) is 105 Å². The van der Waals surface area contributed by atoms with Crippen LogP contribution in [0.3, 0.4) is 0 Å². The van der Waals surface area contributed by atoms with Crippen molar-refractivity contribution in [3.8, 4) is 0 Å². The van der Waals surface area contributed by atoms with Crippen LogP contribution >= 0.6 is 0 Å². The van der Waals surface area contributed by atoms with E-state index < -0.39 is 24.0 Å². The summed E-state index contributed by atoms with van der Waals surface area (Å²) in [6.07, 6.45) is -1.09. The molecule has 0 saturated carbocycles. The standard InChI is InChI=1S/C19H20N2O5/c22-17(23)12-11-16(18(24)20-15-9-5-2-6-10-15)21-19(25)26-13-14-7-3-1-4-8-14/h1-10,16H,11-13H2,(H,20,24)(H,21,25)(H,22,23)/t16-/m0/s1. The van der Waals surface area contributed by atoms with Crippen molar-refractivity contribution in [2.45, 2.75) is 25.5 Å². The van der Waals surface area contributed by atoms with Crippen molar-refractivity contribution in [3.63, 3.8) is 0 Å². The zero-order valence-electron chi connectivity index (χ0n) is 14.1. The maximum absolute atomic E-state index is 12.4. The summed E-state index contributed by atoms with van der Waals surface area (Å²) < 4.78 is 5.09. The number of alkyl carbamates (subject to hydrolysis) is 1. The maximum Gasteiger partial charge on any atom is 0.408 e. The number of carboxylic acids is 1.